The predicted octanol–water partition coefficient (Wildman–Crippen LogP) is -1.58. The number of rotatable bonds is 9. The molecule has 0 heterocycles. The predicted molar refractivity (Wildman–Crippen MR) is 84.6 cm³/mol. The van der Waals surface area contributed by atoms with E-state index in [-0.39, 0.29) is 12.2 Å². The van der Waals surface area contributed by atoms with E-state index in [1.165, 1.54) is 24.3 Å². The van der Waals surface area contributed by atoms with Gasteiger partial charge in [-0.1, -0.05) is 12.1 Å². The van der Waals surface area contributed by atoms with Gasteiger partial charge in [-0.25, -0.2) is 0 Å². The van der Waals surface area contributed by atoms with Gasteiger partial charge in [0.25, 0.3) is 0 Å². The van der Waals surface area contributed by atoms with Crippen molar-refractivity contribution < 1.29 is 34.5 Å². The summed E-state index contributed by atoms with van der Waals surface area (Å²) in [6, 6.07) is 3.31. The molecule has 1 rings (SSSR count). The topological polar surface area (TPSA) is 179 Å². The molecule has 7 N–H and O–H groups in total. The molecule has 2 amide bonds. The fraction of sp³-hybridized carbons (Fsp3) is 0.333. The largest absolute Gasteiger partial charge is 0.508 e. The normalized spacial score (nSPS) is 12.7. The van der Waals surface area contributed by atoms with Gasteiger partial charge in [0.1, 0.15) is 18.3 Å². The fourth-order valence-corrected chi connectivity index (χ4v) is 1.92. The van der Waals surface area contributed by atoms with Crippen LogP contribution in [0.2, 0.25) is 0 Å². The molecule has 0 saturated carbocycles. The number of carbonyl (C=O) groups is 4. The summed E-state index contributed by atoms with van der Waals surface area (Å²) in [5.74, 6) is -4.12. The Morgan fingerprint density at radius 1 is 1.00 bits per heavy atom. The van der Waals surface area contributed by atoms with Gasteiger partial charge in [-0.05, 0) is 17.7 Å². The van der Waals surface area contributed by atoms with Crippen LogP contribution in [0.5, 0.6) is 5.75 Å². The van der Waals surface area contributed by atoms with Crippen molar-refractivity contribution in [2.24, 2.45) is 5.73 Å². The molecule has 0 radical (unpaired) electrons. The molecule has 25 heavy (non-hydrogen) atoms. The Kier molecular flexibility index (Phi) is 7.35. The van der Waals surface area contributed by atoms with Crippen molar-refractivity contribution in [1.82, 2.24) is 10.6 Å². The highest BCUT2D eigenvalue weighted by atomic mass is 16.4. The number of benzene rings is 1. The zero-order valence-electron chi connectivity index (χ0n) is 13.1. The lowest BCUT2D eigenvalue weighted by Crippen LogP contribution is -2.53. The first-order chi connectivity index (χ1) is 11.7. The van der Waals surface area contributed by atoms with Crippen LogP contribution in [0, 0.1) is 0 Å². The number of aliphatic carboxylic acids is 2. The van der Waals surface area contributed by atoms with Crippen LogP contribution in [0.15, 0.2) is 24.3 Å². The standard InChI is InChI=1S/C15H19N3O7/c16-10(6-12(20)21)14(24)18-11(15(25)17-7-13(22)23)5-8-1-3-9(19)4-2-8/h1-4,10-11,19H,5-7,16H2,(H,17,25)(H,18,24)(H,20,21)(H,22,23)/t10-,11-/m0/s1. The van der Waals surface area contributed by atoms with E-state index in [1.807, 2.05) is 0 Å². The number of hydrogen-bond donors (Lipinski definition) is 6. The van der Waals surface area contributed by atoms with E-state index >= 15 is 0 Å². The van der Waals surface area contributed by atoms with Gasteiger partial charge in [-0.15, -0.1) is 0 Å². The van der Waals surface area contributed by atoms with Gasteiger partial charge >= 0.3 is 11.9 Å². The summed E-state index contributed by atoms with van der Waals surface area (Å²) >= 11 is 0. The Balaban J connectivity index is 2.84. The van der Waals surface area contributed by atoms with E-state index in [0.29, 0.717) is 5.56 Å². The number of carboxylic acids is 2. The Labute approximate surface area is 142 Å². The van der Waals surface area contributed by atoms with Crippen molar-refractivity contribution in [3.8, 4) is 5.75 Å². The zero-order valence-corrected chi connectivity index (χ0v) is 13.1. The molecule has 0 fully saturated rings. The molecule has 0 unspecified atom stereocenters. The Morgan fingerprint density at radius 2 is 1.60 bits per heavy atom. The van der Waals surface area contributed by atoms with Crippen LogP contribution in [0.25, 0.3) is 0 Å². The molecule has 10 heteroatoms. The highest BCUT2D eigenvalue weighted by Crippen LogP contribution is 2.11. The molecule has 0 saturated heterocycles. The Bertz CT molecular complexity index is 645. The first-order valence-corrected chi connectivity index (χ1v) is 7.24. The second-order valence-electron chi connectivity index (χ2n) is 5.25. The fourth-order valence-electron chi connectivity index (χ4n) is 1.92. The number of nitrogens with two attached hydrogens (primary N) is 1. The van der Waals surface area contributed by atoms with Crippen LogP contribution in [0.3, 0.4) is 0 Å². The Morgan fingerprint density at radius 3 is 2.12 bits per heavy atom. The first-order valence-electron chi connectivity index (χ1n) is 7.24. The lowest BCUT2D eigenvalue weighted by Gasteiger charge is -2.20. The second-order valence-corrected chi connectivity index (χ2v) is 5.25. The molecule has 2 atom stereocenters. The number of hydrogen-bond acceptors (Lipinski definition) is 6. The molecule has 136 valence electrons. The molecule has 0 bridgehead atoms. The summed E-state index contributed by atoms with van der Waals surface area (Å²) in [7, 11) is 0. The van der Waals surface area contributed by atoms with E-state index in [2.05, 4.69) is 10.6 Å². The number of nitrogens with one attached hydrogen (secondary N) is 2. The smallest absolute Gasteiger partial charge is 0.322 e. The zero-order chi connectivity index (χ0) is 19.0. The molecule has 1 aromatic carbocycles. The third kappa shape index (κ3) is 7.31. The maximum atomic E-state index is 12.1. The van der Waals surface area contributed by atoms with Gasteiger partial charge in [0, 0.05) is 6.42 Å². The molecule has 1 aromatic rings. The van der Waals surface area contributed by atoms with Gasteiger partial charge in [0.15, 0.2) is 0 Å². The quantitative estimate of drug-likeness (QED) is 0.308. The summed E-state index contributed by atoms with van der Waals surface area (Å²) in [5.41, 5.74) is 6.03. The molecule has 0 aliphatic heterocycles. The molecule has 0 aromatic heterocycles. The summed E-state index contributed by atoms with van der Waals surface area (Å²) in [6.45, 7) is -0.637. The molecule has 10 nitrogen and oxygen atoms in total. The summed E-state index contributed by atoms with van der Waals surface area (Å²) in [6.07, 6.45) is -0.619. The average Bonchev–Trinajstić information content (AvgIpc) is 2.53. The average molecular weight is 353 g/mol. The lowest BCUT2D eigenvalue weighted by molar-refractivity contribution is -0.140. The number of phenolic OH excluding ortho intramolecular Hbond substituents is 1. The maximum absolute atomic E-state index is 12.1. The van der Waals surface area contributed by atoms with E-state index in [0.717, 1.165) is 0 Å². The van der Waals surface area contributed by atoms with Gasteiger partial charge in [-0.2, -0.15) is 0 Å². The third-order valence-corrected chi connectivity index (χ3v) is 3.15. The van der Waals surface area contributed by atoms with Crippen molar-refractivity contribution in [3.63, 3.8) is 0 Å². The summed E-state index contributed by atoms with van der Waals surface area (Å²) in [5, 5.41) is 31.0. The van der Waals surface area contributed by atoms with Crippen molar-refractivity contribution in [3.05, 3.63) is 29.8 Å². The minimum Gasteiger partial charge on any atom is -0.508 e. The van der Waals surface area contributed by atoms with Crippen LogP contribution in [-0.4, -0.2) is 57.7 Å². The second kappa shape index (κ2) is 9.23. The number of aromatic hydroxyl groups is 1. The number of carbonyl (C=O) groups excluding carboxylic acids is 2. The third-order valence-electron chi connectivity index (χ3n) is 3.15. The molecule has 0 aliphatic carbocycles. The summed E-state index contributed by atoms with van der Waals surface area (Å²) < 4.78 is 0. The van der Waals surface area contributed by atoms with Crippen molar-refractivity contribution >= 4 is 23.8 Å². The van der Waals surface area contributed by atoms with Crippen molar-refractivity contribution in [2.75, 3.05) is 6.54 Å². The number of carboxylic acid groups (broad SMARTS) is 2. The van der Waals surface area contributed by atoms with E-state index in [1.54, 1.807) is 0 Å². The molecular weight excluding hydrogens is 334 g/mol. The number of phenols is 1. The number of amides is 2. The highest BCUT2D eigenvalue weighted by molar-refractivity contribution is 5.92. The van der Waals surface area contributed by atoms with Crippen LogP contribution in [0.1, 0.15) is 12.0 Å². The monoisotopic (exact) mass is 353 g/mol. The van der Waals surface area contributed by atoms with E-state index in [4.69, 9.17) is 15.9 Å². The first kappa shape index (κ1) is 19.9. The van der Waals surface area contributed by atoms with Gasteiger partial charge in [0.2, 0.25) is 11.8 Å². The van der Waals surface area contributed by atoms with Crippen LogP contribution < -0.4 is 16.4 Å². The minimum atomic E-state index is -1.35. The minimum absolute atomic E-state index is 0.00271. The molecule has 0 spiro atoms. The van der Waals surface area contributed by atoms with Crippen LogP contribution in [-0.2, 0) is 25.6 Å². The lowest BCUT2D eigenvalue weighted by atomic mass is 10.0. The van der Waals surface area contributed by atoms with E-state index in [9.17, 15) is 24.3 Å². The molecule has 0 aliphatic rings. The summed E-state index contributed by atoms with van der Waals surface area (Å²) in [4.78, 5) is 45.2. The maximum Gasteiger partial charge on any atom is 0.322 e. The van der Waals surface area contributed by atoms with Crippen LogP contribution in [0.4, 0.5) is 0 Å². The Hall–Kier alpha value is -3.14. The van der Waals surface area contributed by atoms with Gasteiger partial charge in [-0.3, -0.25) is 19.2 Å². The van der Waals surface area contributed by atoms with Crippen molar-refractivity contribution in [2.45, 2.75) is 24.9 Å². The van der Waals surface area contributed by atoms with E-state index < -0.39 is 48.8 Å². The van der Waals surface area contributed by atoms with Crippen LogP contribution >= 0.6 is 0 Å². The SMILES string of the molecule is N[C@@H](CC(=O)O)C(=O)N[C@@H](Cc1ccc(O)cc1)C(=O)NCC(=O)O. The molecular formula is C15H19N3O7. The highest BCUT2D eigenvalue weighted by Gasteiger charge is 2.25. The van der Waals surface area contributed by atoms with Gasteiger partial charge < -0.3 is 31.7 Å². The van der Waals surface area contributed by atoms with Crippen molar-refractivity contribution in [1.29, 1.82) is 0 Å². The van der Waals surface area contributed by atoms with Gasteiger partial charge in [0.05, 0.1) is 12.5 Å².